The number of carbonyl (C=O) groups excluding carboxylic acids is 1. The highest BCUT2D eigenvalue weighted by atomic mass is 32.1. The maximum Gasteiger partial charge on any atom is 0.350 e. The number of aryl methyl sites for hydroxylation is 1. The summed E-state index contributed by atoms with van der Waals surface area (Å²) in [6.07, 6.45) is 3.92. The SMILES string of the molecule is COC(=O)c1sc(NC(C)C2CCC2)nc1C. The van der Waals surface area contributed by atoms with Gasteiger partial charge in [0, 0.05) is 6.04 Å². The number of ether oxygens (including phenoxy) is 1. The summed E-state index contributed by atoms with van der Waals surface area (Å²) in [5.41, 5.74) is 0.741. The minimum Gasteiger partial charge on any atom is -0.465 e. The first-order chi connectivity index (χ1) is 8.11. The maximum atomic E-state index is 11.5. The van der Waals surface area contributed by atoms with Crippen LogP contribution in [0.5, 0.6) is 0 Å². The van der Waals surface area contributed by atoms with Crippen LogP contribution in [-0.2, 0) is 4.74 Å². The van der Waals surface area contributed by atoms with Crippen LogP contribution >= 0.6 is 11.3 Å². The zero-order valence-electron chi connectivity index (χ0n) is 10.4. The third-order valence-corrected chi connectivity index (χ3v) is 4.44. The van der Waals surface area contributed by atoms with Crippen molar-refractivity contribution in [2.75, 3.05) is 12.4 Å². The highest BCUT2D eigenvalue weighted by Crippen LogP contribution is 2.32. The predicted molar refractivity (Wildman–Crippen MR) is 68.6 cm³/mol. The second-order valence-corrected chi connectivity index (χ2v) is 5.55. The van der Waals surface area contributed by atoms with E-state index in [2.05, 4.69) is 17.2 Å². The lowest BCUT2D eigenvalue weighted by Gasteiger charge is -2.31. The molecule has 94 valence electrons. The minimum absolute atomic E-state index is 0.302. The van der Waals surface area contributed by atoms with Crippen LogP contribution in [0.2, 0.25) is 0 Å². The van der Waals surface area contributed by atoms with Crippen LogP contribution in [-0.4, -0.2) is 24.1 Å². The second-order valence-electron chi connectivity index (χ2n) is 4.55. The van der Waals surface area contributed by atoms with Crippen molar-refractivity contribution >= 4 is 22.4 Å². The number of nitrogens with zero attached hydrogens (tertiary/aromatic N) is 1. The molecule has 0 aliphatic heterocycles. The van der Waals surface area contributed by atoms with E-state index in [1.165, 1.54) is 37.7 Å². The van der Waals surface area contributed by atoms with Gasteiger partial charge in [-0.3, -0.25) is 0 Å². The van der Waals surface area contributed by atoms with Crippen LogP contribution in [0.1, 0.15) is 41.6 Å². The fraction of sp³-hybridized carbons (Fsp3) is 0.667. The zero-order valence-corrected chi connectivity index (χ0v) is 11.3. The number of esters is 1. The van der Waals surface area contributed by atoms with Gasteiger partial charge in [-0.1, -0.05) is 17.8 Å². The van der Waals surface area contributed by atoms with E-state index < -0.39 is 0 Å². The van der Waals surface area contributed by atoms with Crippen LogP contribution in [0.3, 0.4) is 0 Å². The van der Waals surface area contributed by atoms with Crippen LogP contribution in [0.4, 0.5) is 5.13 Å². The Bertz CT molecular complexity index is 413. The fourth-order valence-electron chi connectivity index (χ4n) is 1.99. The summed E-state index contributed by atoms with van der Waals surface area (Å²) in [6.45, 7) is 4.01. The Morgan fingerprint density at radius 2 is 2.29 bits per heavy atom. The van der Waals surface area contributed by atoms with Gasteiger partial charge in [0.05, 0.1) is 12.8 Å². The van der Waals surface area contributed by atoms with Gasteiger partial charge in [-0.25, -0.2) is 9.78 Å². The maximum absolute atomic E-state index is 11.5. The molecule has 0 spiro atoms. The quantitative estimate of drug-likeness (QED) is 0.839. The number of nitrogens with one attached hydrogen (secondary N) is 1. The molecular formula is C12H18N2O2S. The van der Waals surface area contributed by atoms with Crippen molar-refractivity contribution in [3.05, 3.63) is 10.6 Å². The first-order valence-corrected chi connectivity index (χ1v) is 6.75. The molecule has 1 unspecified atom stereocenters. The van der Waals surface area contributed by atoms with Crippen LogP contribution in [0, 0.1) is 12.8 Å². The lowest BCUT2D eigenvalue weighted by atomic mass is 9.80. The Kier molecular flexibility index (Phi) is 3.66. The van der Waals surface area contributed by atoms with Crippen molar-refractivity contribution in [3.8, 4) is 0 Å². The molecule has 1 aliphatic carbocycles. The van der Waals surface area contributed by atoms with Crippen molar-refractivity contribution in [3.63, 3.8) is 0 Å². The number of rotatable bonds is 4. The van der Waals surface area contributed by atoms with Crippen molar-refractivity contribution < 1.29 is 9.53 Å². The molecule has 17 heavy (non-hydrogen) atoms. The smallest absolute Gasteiger partial charge is 0.350 e. The Morgan fingerprint density at radius 1 is 1.59 bits per heavy atom. The summed E-state index contributed by atoms with van der Waals surface area (Å²) in [6, 6.07) is 0.430. The molecular weight excluding hydrogens is 236 g/mol. The van der Waals surface area contributed by atoms with Crippen molar-refractivity contribution in [1.82, 2.24) is 4.98 Å². The molecule has 2 rings (SSSR count). The van der Waals surface area contributed by atoms with Crippen LogP contribution in [0.15, 0.2) is 0 Å². The zero-order chi connectivity index (χ0) is 12.4. The lowest BCUT2D eigenvalue weighted by molar-refractivity contribution is 0.0605. The average molecular weight is 254 g/mol. The molecule has 1 saturated carbocycles. The van der Waals surface area contributed by atoms with E-state index in [0.717, 1.165) is 16.7 Å². The molecule has 1 aromatic heterocycles. The Hall–Kier alpha value is -1.10. The number of anilines is 1. The Balaban J connectivity index is 2.03. The van der Waals surface area contributed by atoms with E-state index >= 15 is 0 Å². The van der Waals surface area contributed by atoms with Crippen molar-refractivity contribution in [1.29, 1.82) is 0 Å². The first kappa shape index (κ1) is 12.4. The van der Waals surface area contributed by atoms with E-state index in [1.807, 2.05) is 6.92 Å². The Morgan fingerprint density at radius 3 is 2.82 bits per heavy atom. The molecule has 0 saturated heterocycles. The predicted octanol–water partition coefficient (Wildman–Crippen LogP) is 2.84. The number of thiazole rings is 1. The molecule has 5 heteroatoms. The highest BCUT2D eigenvalue weighted by Gasteiger charge is 2.25. The first-order valence-electron chi connectivity index (χ1n) is 5.94. The third-order valence-electron chi connectivity index (χ3n) is 3.38. The molecule has 4 nitrogen and oxygen atoms in total. The van der Waals surface area contributed by atoms with Gasteiger partial charge in [-0.2, -0.15) is 0 Å². The largest absolute Gasteiger partial charge is 0.465 e. The molecule has 1 aromatic rings. The summed E-state index contributed by atoms with van der Waals surface area (Å²) < 4.78 is 4.72. The van der Waals surface area contributed by atoms with Crippen molar-refractivity contribution in [2.45, 2.75) is 39.2 Å². The fourth-order valence-corrected chi connectivity index (χ4v) is 2.97. The van der Waals surface area contributed by atoms with Gasteiger partial charge in [0.15, 0.2) is 5.13 Å². The van der Waals surface area contributed by atoms with Gasteiger partial charge in [-0.05, 0) is 32.6 Å². The van der Waals surface area contributed by atoms with E-state index in [-0.39, 0.29) is 5.97 Å². The minimum atomic E-state index is -0.302. The summed E-state index contributed by atoms with van der Waals surface area (Å²) in [7, 11) is 1.39. The second kappa shape index (κ2) is 5.04. The van der Waals surface area contributed by atoms with Crippen LogP contribution in [0.25, 0.3) is 0 Å². The topological polar surface area (TPSA) is 51.2 Å². The summed E-state index contributed by atoms with van der Waals surface area (Å²) in [4.78, 5) is 16.4. The Labute approximate surface area is 105 Å². The van der Waals surface area contributed by atoms with Crippen molar-refractivity contribution in [2.24, 2.45) is 5.92 Å². The third kappa shape index (κ3) is 2.60. The van der Waals surface area contributed by atoms with Gasteiger partial charge in [0.1, 0.15) is 4.88 Å². The van der Waals surface area contributed by atoms with Gasteiger partial charge in [0.2, 0.25) is 0 Å². The molecule has 0 amide bonds. The van der Waals surface area contributed by atoms with Gasteiger partial charge < -0.3 is 10.1 Å². The van der Waals surface area contributed by atoms with E-state index in [9.17, 15) is 4.79 Å². The normalized spacial score (nSPS) is 17.4. The molecule has 1 atom stereocenters. The molecule has 1 heterocycles. The molecule has 0 bridgehead atoms. The van der Waals surface area contributed by atoms with Gasteiger partial charge in [0.25, 0.3) is 0 Å². The summed E-state index contributed by atoms with van der Waals surface area (Å²) >= 11 is 1.38. The highest BCUT2D eigenvalue weighted by molar-refractivity contribution is 7.17. The number of hydrogen-bond acceptors (Lipinski definition) is 5. The lowest BCUT2D eigenvalue weighted by Crippen LogP contribution is -2.30. The molecule has 1 aliphatic rings. The standard InChI is InChI=1S/C12H18N2O2S/c1-7(9-5-4-6-9)13-12-14-8(2)10(17-12)11(15)16-3/h7,9H,4-6H2,1-3H3,(H,13,14). The summed E-state index contributed by atoms with van der Waals surface area (Å²) in [5, 5.41) is 4.21. The molecule has 0 radical (unpaired) electrons. The van der Waals surface area contributed by atoms with Crippen LogP contribution < -0.4 is 5.32 Å². The molecule has 1 fully saturated rings. The van der Waals surface area contributed by atoms with Gasteiger partial charge >= 0.3 is 5.97 Å². The number of methoxy groups -OCH3 is 1. The summed E-state index contributed by atoms with van der Waals surface area (Å²) in [5.74, 6) is 0.449. The molecule has 0 aromatic carbocycles. The van der Waals surface area contributed by atoms with Gasteiger partial charge in [-0.15, -0.1) is 0 Å². The number of hydrogen-bond donors (Lipinski definition) is 1. The van der Waals surface area contributed by atoms with E-state index in [0.29, 0.717) is 10.9 Å². The van der Waals surface area contributed by atoms with E-state index in [1.54, 1.807) is 0 Å². The number of carbonyl (C=O) groups is 1. The average Bonchev–Trinajstić information content (AvgIpc) is 2.55. The van der Waals surface area contributed by atoms with E-state index in [4.69, 9.17) is 4.74 Å². The molecule has 1 N–H and O–H groups in total. The monoisotopic (exact) mass is 254 g/mol. The number of aromatic nitrogens is 1.